The van der Waals surface area contributed by atoms with Crippen molar-refractivity contribution in [3.05, 3.63) is 53.1 Å². The maximum atomic E-state index is 12.7. The van der Waals surface area contributed by atoms with Crippen LogP contribution in [0.3, 0.4) is 0 Å². The van der Waals surface area contributed by atoms with Gasteiger partial charge in [0.05, 0.1) is 4.90 Å². The molecule has 0 saturated heterocycles. The molecule has 0 bridgehead atoms. The summed E-state index contributed by atoms with van der Waals surface area (Å²) < 4.78 is 23.5. The molecule has 0 atom stereocenters. The van der Waals surface area contributed by atoms with E-state index in [4.69, 9.17) is 0 Å². The molecule has 0 unspecified atom stereocenters. The van der Waals surface area contributed by atoms with E-state index in [2.05, 4.69) is 10.6 Å². The van der Waals surface area contributed by atoms with Crippen LogP contribution >= 0.6 is 0 Å². The Hall–Kier alpha value is -2.67. The summed E-state index contributed by atoms with van der Waals surface area (Å²) >= 11 is 0. The highest BCUT2D eigenvalue weighted by molar-refractivity contribution is 7.90. The third-order valence-electron chi connectivity index (χ3n) is 4.16. The van der Waals surface area contributed by atoms with E-state index in [1.54, 1.807) is 45.0 Å². The van der Waals surface area contributed by atoms with E-state index in [9.17, 15) is 18.0 Å². The summed E-state index contributed by atoms with van der Waals surface area (Å²) in [5.41, 5.74) is 2.90. The Labute approximate surface area is 159 Å². The third-order valence-corrected chi connectivity index (χ3v) is 5.27. The topological polar surface area (TPSA) is 92.3 Å². The lowest BCUT2D eigenvalue weighted by Crippen LogP contribution is -2.18. The van der Waals surface area contributed by atoms with Gasteiger partial charge in [0.15, 0.2) is 9.84 Å². The molecule has 0 aromatic heterocycles. The van der Waals surface area contributed by atoms with Crippen molar-refractivity contribution >= 4 is 33.0 Å². The lowest BCUT2D eigenvalue weighted by Gasteiger charge is -2.14. The molecule has 0 aliphatic heterocycles. The van der Waals surface area contributed by atoms with Crippen LogP contribution in [0.25, 0.3) is 0 Å². The quantitative estimate of drug-likeness (QED) is 0.819. The number of anilines is 2. The predicted octanol–water partition coefficient (Wildman–Crippen LogP) is 3.55. The maximum absolute atomic E-state index is 12.7. The van der Waals surface area contributed by atoms with Crippen LogP contribution in [-0.2, 0) is 14.6 Å². The van der Waals surface area contributed by atoms with Gasteiger partial charge in [0.2, 0.25) is 5.91 Å². The Morgan fingerprint density at radius 3 is 2.15 bits per heavy atom. The van der Waals surface area contributed by atoms with Crippen LogP contribution in [0.15, 0.2) is 41.3 Å². The molecule has 2 rings (SSSR count). The number of carbonyl (C=O) groups is 2. The summed E-state index contributed by atoms with van der Waals surface area (Å²) in [6.45, 7) is 7.17. The normalized spacial score (nSPS) is 11.3. The van der Waals surface area contributed by atoms with E-state index in [-0.39, 0.29) is 22.3 Å². The summed E-state index contributed by atoms with van der Waals surface area (Å²) in [6.07, 6.45) is 1.10. The van der Waals surface area contributed by atoms with E-state index in [0.717, 1.165) is 11.8 Å². The zero-order chi connectivity index (χ0) is 20.4. The fourth-order valence-corrected chi connectivity index (χ4v) is 3.03. The minimum absolute atomic E-state index is 0.0907. The van der Waals surface area contributed by atoms with Gasteiger partial charge in [-0.2, -0.15) is 0 Å². The average Bonchev–Trinajstić information content (AvgIpc) is 2.56. The Morgan fingerprint density at radius 2 is 1.56 bits per heavy atom. The molecule has 0 heterocycles. The molecule has 0 saturated carbocycles. The number of carbonyl (C=O) groups excluding carboxylic acids is 2. The summed E-state index contributed by atoms with van der Waals surface area (Å²) in [6, 6.07) is 9.71. The summed E-state index contributed by atoms with van der Waals surface area (Å²) in [4.78, 5) is 24.7. The van der Waals surface area contributed by atoms with Crippen molar-refractivity contribution in [3.63, 3.8) is 0 Å². The number of sulfone groups is 1. The standard InChI is InChI=1S/C20H24N2O4S/c1-12(2)19(23)21-15-8-6-14(4)18(10-15)22-20(24)17-11-16(27(5,25)26)9-7-13(17)3/h6-12H,1-5H3,(H,21,23)(H,22,24). The Kier molecular flexibility index (Phi) is 6.05. The lowest BCUT2D eigenvalue weighted by atomic mass is 10.1. The molecule has 27 heavy (non-hydrogen) atoms. The van der Waals surface area contributed by atoms with Gasteiger partial charge < -0.3 is 10.6 Å². The Bertz CT molecular complexity index is 995. The molecule has 144 valence electrons. The minimum Gasteiger partial charge on any atom is -0.326 e. The van der Waals surface area contributed by atoms with Crippen LogP contribution in [0.4, 0.5) is 11.4 Å². The first-order chi connectivity index (χ1) is 12.5. The summed E-state index contributed by atoms with van der Waals surface area (Å²) in [7, 11) is -3.41. The van der Waals surface area contributed by atoms with Crippen molar-refractivity contribution in [3.8, 4) is 0 Å². The molecular weight excluding hydrogens is 364 g/mol. The average molecular weight is 388 g/mol. The molecule has 2 amide bonds. The fourth-order valence-electron chi connectivity index (χ4n) is 2.39. The summed E-state index contributed by atoms with van der Waals surface area (Å²) in [5, 5.41) is 5.60. The second kappa shape index (κ2) is 7.92. The van der Waals surface area contributed by atoms with E-state index < -0.39 is 15.7 Å². The highest BCUT2D eigenvalue weighted by atomic mass is 32.2. The molecule has 2 aromatic rings. The van der Waals surface area contributed by atoms with Gasteiger partial charge in [-0.25, -0.2) is 8.42 Å². The van der Waals surface area contributed by atoms with E-state index >= 15 is 0 Å². The first-order valence-corrected chi connectivity index (χ1v) is 10.4. The van der Waals surface area contributed by atoms with Crippen molar-refractivity contribution in [1.82, 2.24) is 0 Å². The molecule has 0 radical (unpaired) electrons. The van der Waals surface area contributed by atoms with Gasteiger partial charge in [-0.05, 0) is 49.2 Å². The SMILES string of the molecule is Cc1ccc(NC(=O)C(C)C)cc1NC(=O)c1cc(S(C)(=O)=O)ccc1C. The zero-order valence-corrected chi connectivity index (χ0v) is 16.9. The van der Waals surface area contributed by atoms with E-state index in [1.807, 2.05) is 6.92 Å². The Morgan fingerprint density at radius 1 is 0.926 bits per heavy atom. The largest absolute Gasteiger partial charge is 0.326 e. The lowest BCUT2D eigenvalue weighted by molar-refractivity contribution is -0.118. The van der Waals surface area contributed by atoms with Crippen molar-refractivity contribution in [1.29, 1.82) is 0 Å². The fraction of sp³-hybridized carbons (Fsp3) is 0.300. The predicted molar refractivity (Wildman–Crippen MR) is 107 cm³/mol. The van der Waals surface area contributed by atoms with Crippen LogP contribution < -0.4 is 10.6 Å². The minimum atomic E-state index is -3.41. The highest BCUT2D eigenvalue weighted by Gasteiger charge is 2.16. The molecule has 2 aromatic carbocycles. The smallest absolute Gasteiger partial charge is 0.255 e. The van der Waals surface area contributed by atoms with Crippen LogP contribution in [0.1, 0.15) is 35.3 Å². The highest BCUT2D eigenvalue weighted by Crippen LogP contribution is 2.23. The van der Waals surface area contributed by atoms with Crippen molar-refractivity contribution in [2.45, 2.75) is 32.6 Å². The molecule has 0 aliphatic rings. The van der Waals surface area contributed by atoms with Gasteiger partial charge >= 0.3 is 0 Å². The van der Waals surface area contributed by atoms with Gasteiger partial charge in [0.1, 0.15) is 0 Å². The molecule has 0 aliphatic carbocycles. The van der Waals surface area contributed by atoms with Crippen molar-refractivity contribution < 1.29 is 18.0 Å². The van der Waals surface area contributed by atoms with Gasteiger partial charge in [-0.15, -0.1) is 0 Å². The molecule has 0 fully saturated rings. The Balaban J connectivity index is 2.32. The van der Waals surface area contributed by atoms with Crippen molar-refractivity contribution in [2.24, 2.45) is 5.92 Å². The van der Waals surface area contributed by atoms with Gasteiger partial charge in [0, 0.05) is 29.1 Å². The van der Waals surface area contributed by atoms with Gasteiger partial charge in [0.25, 0.3) is 5.91 Å². The number of hydrogen-bond donors (Lipinski definition) is 2. The molecule has 0 spiro atoms. The second-order valence-corrected chi connectivity index (χ2v) is 8.89. The summed E-state index contributed by atoms with van der Waals surface area (Å²) in [5.74, 6) is -0.688. The van der Waals surface area contributed by atoms with Crippen molar-refractivity contribution in [2.75, 3.05) is 16.9 Å². The zero-order valence-electron chi connectivity index (χ0n) is 16.1. The number of rotatable bonds is 5. The van der Waals surface area contributed by atoms with Crippen LogP contribution in [0.2, 0.25) is 0 Å². The number of hydrogen-bond acceptors (Lipinski definition) is 4. The van der Waals surface area contributed by atoms with E-state index in [1.165, 1.54) is 12.1 Å². The molecule has 2 N–H and O–H groups in total. The van der Waals surface area contributed by atoms with Crippen LogP contribution in [-0.4, -0.2) is 26.5 Å². The monoisotopic (exact) mass is 388 g/mol. The maximum Gasteiger partial charge on any atom is 0.255 e. The first kappa shape index (κ1) is 20.6. The molecule has 6 nitrogen and oxygen atoms in total. The third kappa shape index (κ3) is 5.17. The molecule has 7 heteroatoms. The number of benzene rings is 2. The second-order valence-electron chi connectivity index (χ2n) is 6.88. The first-order valence-electron chi connectivity index (χ1n) is 8.52. The van der Waals surface area contributed by atoms with Crippen LogP contribution in [0.5, 0.6) is 0 Å². The number of amides is 2. The van der Waals surface area contributed by atoms with Crippen LogP contribution in [0, 0.1) is 19.8 Å². The number of nitrogens with one attached hydrogen (secondary N) is 2. The van der Waals surface area contributed by atoms with Gasteiger partial charge in [-0.1, -0.05) is 26.0 Å². The molecular formula is C20H24N2O4S. The van der Waals surface area contributed by atoms with Gasteiger partial charge in [-0.3, -0.25) is 9.59 Å². The van der Waals surface area contributed by atoms with E-state index in [0.29, 0.717) is 16.9 Å². The number of aryl methyl sites for hydroxylation is 2.